The maximum atomic E-state index is 11.1. The topological polar surface area (TPSA) is 166 Å². The maximum Gasteiger partial charge on any atom is 0.217 e. The molecule has 10 nitrogen and oxygen atoms in total. The second-order valence-electron chi connectivity index (χ2n) is 4.92. The van der Waals surface area contributed by atoms with E-state index in [4.69, 9.17) is 14.6 Å². The molecule has 0 unspecified atom stereocenters. The van der Waals surface area contributed by atoms with E-state index in [2.05, 4.69) is 5.32 Å². The number of aliphatic hydroxyl groups excluding tert-OH is 5. The Morgan fingerprint density at radius 3 is 2.36 bits per heavy atom. The van der Waals surface area contributed by atoms with Crippen molar-refractivity contribution < 1.29 is 44.6 Å². The van der Waals surface area contributed by atoms with Crippen molar-refractivity contribution in [3.8, 4) is 0 Å². The number of aliphatic hydroxyl groups is 5. The van der Waals surface area contributed by atoms with Gasteiger partial charge in [-0.3, -0.25) is 4.79 Å². The molecule has 0 aliphatic carbocycles. The van der Waals surface area contributed by atoms with Crippen LogP contribution in [0.2, 0.25) is 0 Å². The van der Waals surface area contributed by atoms with Gasteiger partial charge in [-0.15, -0.1) is 0 Å². The molecule has 0 aromatic rings. The average molecular weight is 323 g/mol. The van der Waals surface area contributed by atoms with E-state index < -0.39 is 62.0 Å². The predicted molar refractivity (Wildman–Crippen MR) is 69.4 cm³/mol. The highest BCUT2D eigenvalue weighted by Crippen LogP contribution is 2.23. The Morgan fingerprint density at radius 1 is 1.27 bits per heavy atom. The van der Waals surface area contributed by atoms with Gasteiger partial charge in [-0.2, -0.15) is 0 Å². The van der Waals surface area contributed by atoms with Crippen LogP contribution in [0, 0.1) is 0 Å². The third-order valence-corrected chi connectivity index (χ3v) is 3.26. The Hall–Kier alpha value is -1.14. The Morgan fingerprint density at radius 2 is 1.91 bits per heavy atom. The number of rotatable bonds is 7. The molecule has 1 heterocycles. The van der Waals surface area contributed by atoms with E-state index in [0.717, 1.165) is 0 Å². The summed E-state index contributed by atoms with van der Waals surface area (Å²) >= 11 is 0. The lowest BCUT2D eigenvalue weighted by Gasteiger charge is -2.40. The van der Waals surface area contributed by atoms with Crippen LogP contribution < -0.4 is 5.32 Å². The van der Waals surface area contributed by atoms with Gasteiger partial charge in [-0.1, -0.05) is 0 Å². The van der Waals surface area contributed by atoms with E-state index >= 15 is 0 Å². The fraction of sp³-hybridized carbons (Fsp3) is 0.833. The highest BCUT2D eigenvalue weighted by Gasteiger charge is 2.45. The summed E-state index contributed by atoms with van der Waals surface area (Å²) in [4.78, 5) is 22.1. The Labute approximate surface area is 126 Å². The van der Waals surface area contributed by atoms with Gasteiger partial charge in [0.05, 0.1) is 19.3 Å². The summed E-state index contributed by atoms with van der Waals surface area (Å²) in [7, 11) is 0. The summed E-state index contributed by atoms with van der Waals surface area (Å²) in [6.45, 7) is -0.0789. The first-order valence-electron chi connectivity index (χ1n) is 6.64. The number of hydrogen-bond acceptors (Lipinski definition) is 9. The van der Waals surface area contributed by atoms with Crippen molar-refractivity contribution in [1.29, 1.82) is 0 Å². The molecule has 128 valence electrons. The molecule has 0 bridgehead atoms. The van der Waals surface area contributed by atoms with Crippen LogP contribution in [0.1, 0.15) is 6.92 Å². The van der Waals surface area contributed by atoms with Gasteiger partial charge in [-0.25, -0.2) is 0 Å². The minimum atomic E-state index is -1.68. The van der Waals surface area contributed by atoms with Crippen molar-refractivity contribution in [3.63, 3.8) is 0 Å². The predicted octanol–water partition coefficient (Wildman–Crippen LogP) is -4.13. The van der Waals surface area contributed by atoms with Gasteiger partial charge in [0, 0.05) is 6.92 Å². The van der Waals surface area contributed by atoms with Crippen LogP contribution in [-0.4, -0.2) is 93.8 Å². The first kappa shape index (κ1) is 18.9. The summed E-state index contributed by atoms with van der Waals surface area (Å²) in [5.41, 5.74) is 0. The first-order valence-corrected chi connectivity index (χ1v) is 6.64. The summed E-state index contributed by atoms with van der Waals surface area (Å²) in [5, 5.41) is 49.5. The fourth-order valence-electron chi connectivity index (χ4n) is 2.05. The van der Waals surface area contributed by atoms with Crippen LogP contribution in [-0.2, 0) is 19.1 Å². The van der Waals surface area contributed by atoms with Gasteiger partial charge in [0.15, 0.2) is 12.6 Å². The number of ether oxygens (including phenoxy) is 2. The van der Waals surface area contributed by atoms with Gasteiger partial charge < -0.3 is 45.1 Å². The molecule has 0 aromatic heterocycles. The normalized spacial score (nSPS) is 34.7. The van der Waals surface area contributed by atoms with Crippen LogP contribution in [0.4, 0.5) is 0 Å². The molecular formula is C12H21NO9. The molecule has 0 aromatic carbocycles. The quantitative estimate of drug-likeness (QED) is 0.255. The number of hydrogen-bond donors (Lipinski definition) is 6. The molecule has 7 atom stereocenters. The Bertz CT molecular complexity index is 378. The molecule has 1 aliphatic heterocycles. The lowest BCUT2D eigenvalue weighted by molar-refractivity contribution is -0.309. The zero-order valence-electron chi connectivity index (χ0n) is 11.9. The van der Waals surface area contributed by atoms with Gasteiger partial charge in [-0.05, 0) is 0 Å². The smallest absolute Gasteiger partial charge is 0.217 e. The minimum absolute atomic E-state index is 0.290. The lowest BCUT2D eigenvalue weighted by Crippen LogP contribution is -2.61. The van der Waals surface area contributed by atoms with Crippen LogP contribution in [0.15, 0.2) is 0 Å². The van der Waals surface area contributed by atoms with Crippen molar-refractivity contribution in [3.05, 3.63) is 0 Å². The zero-order chi connectivity index (χ0) is 16.9. The molecule has 22 heavy (non-hydrogen) atoms. The minimum Gasteiger partial charge on any atom is -0.394 e. The molecule has 1 saturated heterocycles. The highest BCUT2D eigenvalue weighted by atomic mass is 16.7. The monoisotopic (exact) mass is 323 g/mol. The molecular weight excluding hydrogens is 302 g/mol. The van der Waals surface area contributed by atoms with Crippen LogP contribution in [0.25, 0.3) is 0 Å². The maximum absolute atomic E-state index is 11.1. The second-order valence-corrected chi connectivity index (χ2v) is 4.92. The molecule has 1 amide bonds. The third kappa shape index (κ3) is 4.43. The van der Waals surface area contributed by atoms with Gasteiger partial charge in [0.1, 0.15) is 30.5 Å². The lowest BCUT2D eigenvalue weighted by atomic mass is 9.99. The zero-order valence-corrected chi connectivity index (χ0v) is 11.9. The van der Waals surface area contributed by atoms with Gasteiger partial charge >= 0.3 is 0 Å². The van der Waals surface area contributed by atoms with E-state index in [0.29, 0.717) is 0 Å². The number of aldehydes is 1. The van der Waals surface area contributed by atoms with Crippen molar-refractivity contribution in [2.24, 2.45) is 0 Å². The molecule has 1 fully saturated rings. The number of nitrogens with one attached hydrogen (secondary N) is 1. The second kappa shape index (κ2) is 8.48. The molecule has 0 saturated carbocycles. The highest BCUT2D eigenvalue weighted by molar-refractivity contribution is 5.74. The van der Waals surface area contributed by atoms with Crippen LogP contribution >= 0.6 is 0 Å². The fourth-order valence-corrected chi connectivity index (χ4v) is 2.05. The molecule has 10 heteroatoms. The molecule has 0 radical (unpaired) electrons. The summed E-state index contributed by atoms with van der Waals surface area (Å²) in [6, 6.07) is -1.08. The molecule has 1 rings (SSSR count). The van der Waals surface area contributed by atoms with Crippen molar-refractivity contribution in [2.75, 3.05) is 13.2 Å². The van der Waals surface area contributed by atoms with Crippen molar-refractivity contribution in [2.45, 2.75) is 49.8 Å². The van der Waals surface area contributed by atoms with Gasteiger partial charge in [0.25, 0.3) is 0 Å². The SMILES string of the molecule is CC(=O)N[C@@H](CO)[C@H](C=O)O[C@@H]1O[C@H](CO)[C@H](O)[C@H](O)[C@H]1O. The Kier molecular flexibility index (Phi) is 7.29. The number of carbonyl (C=O) groups excluding carboxylic acids is 2. The number of amides is 1. The summed E-state index contributed by atoms with van der Waals surface area (Å²) in [6.07, 6.45) is -8.70. The summed E-state index contributed by atoms with van der Waals surface area (Å²) in [5.74, 6) is -0.511. The van der Waals surface area contributed by atoms with E-state index in [1.165, 1.54) is 6.92 Å². The van der Waals surface area contributed by atoms with E-state index in [1.807, 2.05) is 0 Å². The van der Waals surface area contributed by atoms with Crippen molar-refractivity contribution in [1.82, 2.24) is 5.32 Å². The van der Waals surface area contributed by atoms with Crippen LogP contribution in [0.5, 0.6) is 0 Å². The van der Waals surface area contributed by atoms with Gasteiger partial charge in [0.2, 0.25) is 5.91 Å². The van der Waals surface area contributed by atoms with E-state index in [1.54, 1.807) is 0 Å². The summed E-state index contributed by atoms with van der Waals surface area (Å²) < 4.78 is 10.2. The van der Waals surface area contributed by atoms with E-state index in [9.17, 15) is 30.0 Å². The molecule has 6 N–H and O–H groups in total. The molecule has 1 aliphatic rings. The van der Waals surface area contributed by atoms with E-state index in [-0.39, 0.29) is 6.29 Å². The first-order chi connectivity index (χ1) is 10.3. The third-order valence-electron chi connectivity index (χ3n) is 3.26. The van der Waals surface area contributed by atoms with Crippen LogP contribution in [0.3, 0.4) is 0 Å². The largest absolute Gasteiger partial charge is 0.394 e. The standard InChI is InChI=1S/C12H21NO9/c1-5(17)13-6(2-14)7(3-15)21-12-11(20)10(19)9(18)8(4-16)22-12/h3,6-12,14,16,18-20H,2,4H2,1H3,(H,13,17)/t6-,7-,8+,9-,10-,11+,12+/m0/s1. The Balaban J connectivity index is 2.80. The van der Waals surface area contributed by atoms with Crippen molar-refractivity contribution >= 4 is 12.2 Å². The molecule has 0 spiro atoms. The average Bonchev–Trinajstić information content (AvgIpc) is 2.50. The number of carbonyl (C=O) groups is 2.